The van der Waals surface area contributed by atoms with E-state index in [1.54, 1.807) is 13.8 Å². The van der Waals surface area contributed by atoms with Crippen molar-refractivity contribution < 1.29 is 19.3 Å². The fourth-order valence-electron chi connectivity index (χ4n) is 1.45. The number of phenolic OH excluding ortho intramolecular Hbond substituents is 1. The molecule has 5 heteroatoms. The van der Waals surface area contributed by atoms with E-state index in [1.165, 1.54) is 13.2 Å². The molecule has 2 N–H and O–H groups in total. The third-order valence-corrected chi connectivity index (χ3v) is 2.72. The van der Waals surface area contributed by atoms with Crippen molar-refractivity contribution in [3.63, 3.8) is 0 Å². The molecular weight excluding hydrogens is 235 g/mol. The van der Waals surface area contributed by atoms with E-state index in [0.29, 0.717) is 0 Å². The molecule has 0 spiro atoms. The number of benzene rings is 1. The maximum atomic E-state index is 13.8. The number of halogens is 2. The molecule has 0 atom stereocenters. The van der Waals surface area contributed by atoms with Gasteiger partial charge in [-0.25, -0.2) is 4.39 Å². The van der Waals surface area contributed by atoms with Crippen LogP contribution in [0.25, 0.3) is 0 Å². The Balaban J connectivity index is 3.54. The third kappa shape index (κ3) is 2.08. The van der Waals surface area contributed by atoms with Gasteiger partial charge in [-0.05, 0) is 0 Å². The minimum absolute atomic E-state index is 0.0423. The molecule has 0 unspecified atom stereocenters. The van der Waals surface area contributed by atoms with Crippen molar-refractivity contribution in [3.05, 3.63) is 22.5 Å². The van der Waals surface area contributed by atoms with Gasteiger partial charge in [-0.15, -0.1) is 0 Å². The highest BCUT2D eigenvalue weighted by Crippen LogP contribution is 2.42. The third-order valence-electron chi connectivity index (χ3n) is 2.45. The van der Waals surface area contributed by atoms with E-state index in [2.05, 4.69) is 0 Å². The van der Waals surface area contributed by atoms with Crippen LogP contribution in [-0.4, -0.2) is 23.9 Å². The Morgan fingerprint density at radius 3 is 2.50 bits per heavy atom. The van der Waals surface area contributed by atoms with E-state index >= 15 is 0 Å². The molecule has 0 aromatic heterocycles. The van der Waals surface area contributed by atoms with E-state index in [1.807, 2.05) is 0 Å². The van der Waals surface area contributed by atoms with Crippen LogP contribution in [0.2, 0.25) is 5.02 Å². The molecule has 0 saturated heterocycles. The number of methoxy groups -OCH3 is 1. The minimum Gasteiger partial charge on any atom is -0.504 e. The second-order valence-corrected chi connectivity index (χ2v) is 4.55. The zero-order valence-corrected chi connectivity index (χ0v) is 10.1. The van der Waals surface area contributed by atoms with Gasteiger partial charge in [-0.2, -0.15) is 0 Å². The smallest absolute Gasteiger partial charge is 0.164 e. The Labute approximate surface area is 98.4 Å². The van der Waals surface area contributed by atoms with Crippen LogP contribution in [0.5, 0.6) is 11.5 Å². The fourth-order valence-corrected chi connectivity index (χ4v) is 1.64. The summed E-state index contributed by atoms with van der Waals surface area (Å²) in [5.41, 5.74) is -0.980. The molecule has 0 aliphatic carbocycles. The van der Waals surface area contributed by atoms with Crippen LogP contribution in [0.3, 0.4) is 0 Å². The SMILES string of the molecule is COc1cc(Cl)c(F)c(C(C)(C)CO)c1O. The van der Waals surface area contributed by atoms with Crippen molar-refractivity contribution in [1.82, 2.24) is 0 Å². The van der Waals surface area contributed by atoms with Gasteiger partial charge in [0.2, 0.25) is 0 Å². The molecule has 3 nitrogen and oxygen atoms in total. The predicted octanol–water partition coefficient (Wildman–Crippen LogP) is 2.46. The summed E-state index contributed by atoms with van der Waals surface area (Å²) in [4.78, 5) is 0. The Kier molecular flexibility index (Phi) is 3.65. The maximum Gasteiger partial charge on any atom is 0.164 e. The molecule has 0 aliphatic heterocycles. The maximum absolute atomic E-state index is 13.8. The van der Waals surface area contributed by atoms with Crippen molar-refractivity contribution in [2.75, 3.05) is 13.7 Å². The molecule has 0 fully saturated rings. The summed E-state index contributed by atoms with van der Waals surface area (Å²) in [6, 6.07) is 1.20. The fraction of sp³-hybridized carbons (Fsp3) is 0.455. The van der Waals surface area contributed by atoms with Gasteiger partial charge in [0.1, 0.15) is 5.82 Å². The molecule has 16 heavy (non-hydrogen) atoms. The Hall–Kier alpha value is -1.00. The van der Waals surface area contributed by atoms with Crippen LogP contribution in [0.4, 0.5) is 4.39 Å². The van der Waals surface area contributed by atoms with E-state index in [4.69, 9.17) is 16.3 Å². The van der Waals surface area contributed by atoms with Gasteiger partial charge in [-0.3, -0.25) is 0 Å². The Bertz CT molecular complexity index is 405. The van der Waals surface area contributed by atoms with Gasteiger partial charge in [0, 0.05) is 17.0 Å². The summed E-state index contributed by atoms with van der Waals surface area (Å²) < 4.78 is 18.7. The van der Waals surface area contributed by atoms with Gasteiger partial charge in [0.25, 0.3) is 0 Å². The first-order valence-electron chi connectivity index (χ1n) is 4.71. The zero-order chi connectivity index (χ0) is 12.5. The van der Waals surface area contributed by atoms with Gasteiger partial charge in [-0.1, -0.05) is 25.4 Å². The average molecular weight is 249 g/mol. The number of aromatic hydroxyl groups is 1. The summed E-state index contributed by atoms with van der Waals surface area (Å²) in [5.74, 6) is -0.981. The number of phenols is 1. The number of ether oxygens (including phenoxy) is 1. The lowest BCUT2D eigenvalue weighted by Crippen LogP contribution is -2.24. The Morgan fingerprint density at radius 2 is 2.06 bits per heavy atom. The summed E-state index contributed by atoms with van der Waals surface area (Å²) in [7, 11) is 1.35. The summed E-state index contributed by atoms with van der Waals surface area (Å²) in [6.45, 7) is 2.88. The van der Waals surface area contributed by atoms with E-state index in [-0.39, 0.29) is 28.7 Å². The van der Waals surface area contributed by atoms with Crippen molar-refractivity contribution in [1.29, 1.82) is 0 Å². The lowest BCUT2D eigenvalue weighted by atomic mass is 9.84. The van der Waals surface area contributed by atoms with Crippen molar-refractivity contribution in [2.24, 2.45) is 0 Å². The van der Waals surface area contributed by atoms with E-state index < -0.39 is 11.2 Å². The molecule has 0 saturated carbocycles. The minimum atomic E-state index is -0.938. The van der Waals surface area contributed by atoms with Crippen molar-refractivity contribution >= 4 is 11.6 Å². The lowest BCUT2D eigenvalue weighted by molar-refractivity contribution is 0.210. The van der Waals surface area contributed by atoms with Crippen LogP contribution in [0.15, 0.2) is 6.07 Å². The van der Waals surface area contributed by atoms with E-state index in [9.17, 15) is 14.6 Å². The quantitative estimate of drug-likeness (QED) is 0.864. The van der Waals surface area contributed by atoms with Gasteiger partial charge in [0.15, 0.2) is 11.5 Å². The summed E-state index contributed by atoms with van der Waals surface area (Å²) in [6.07, 6.45) is 0. The molecule has 0 heterocycles. The highest BCUT2D eigenvalue weighted by atomic mass is 35.5. The first kappa shape index (κ1) is 13.1. The average Bonchev–Trinajstić information content (AvgIpc) is 2.23. The first-order chi connectivity index (χ1) is 7.35. The Morgan fingerprint density at radius 1 is 1.50 bits per heavy atom. The molecule has 90 valence electrons. The number of aliphatic hydroxyl groups is 1. The zero-order valence-electron chi connectivity index (χ0n) is 9.34. The number of hydrogen-bond donors (Lipinski definition) is 2. The van der Waals surface area contributed by atoms with Gasteiger partial charge in [0.05, 0.1) is 18.7 Å². The lowest BCUT2D eigenvalue weighted by Gasteiger charge is -2.25. The molecular formula is C11H14ClFO3. The highest BCUT2D eigenvalue weighted by Gasteiger charge is 2.30. The van der Waals surface area contributed by atoms with Crippen molar-refractivity contribution in [2.45, 2.75) is 19.3 Å². The van der Waals surface area contributed by atoms with Crippen LogP contribution in [0.1, 0.15) is 19.4 Å². The predicted molar refractivity (Wildman–Crippen MR) is 59.7 cm³/mol. The molecule has 0 amide bonds. The molecule has 1 aromatic rings. The topological polar surface area (TPSA) is 49.7 Å². The number of hydrogen-bond acceptors (Lipinski definition) is 3. The van der Waals surface area contributed by atoms with Crippen LogP contribution in [0, 0.1) is 5.82 Å². The number of rotatable bonds is 3. The molecule has 1 rings (SSSR count). The largest absolute Gasteiger partial charge is 0.504 e. The summed E-state index contributed by atoms with van der Waals surface area (Å²) in [5, 5.41) is 18.9. The standard InChI is InChI=1S/C11H14ClFO3/c1-11(2,5-14)8-9(13)6(12)4-7(16-3)10(8)15/h4,14-15H,5H2,1-3H3. The molecule has 0 radical (unpaired) electrons. The highest BCUT2D eigenvalue weighted by molar-refractivity contribution is 6.31. The van der Waals surface area contributed by atoms with Crippen molar-refractivity contribution in [3.8, 4) is 11.5 Å². The first-order valence-corrected chi connectivity index (χ1v) is 5.09. The van der Waals surface area contributed by atoms with E-state index in [0.717, 1.165) is 0 Å². The second-order valence-electron chi connectivity index (χ2n) is 4.14. The molecule has 0 aliphatic rings. The monoisotopic (exact) mass is 248 g/mol. The summed E-state index contributed by atoms with van der Waals surface area (Å²) >= 11 is 5.69. The van der Waals surface area contributed by atoms with Crippen LogP contribution in [-0.2, 0) is 5.41 Å². The van der Waals surface area contributed by atoms with Crippen LogP contribution < -0.4 is 4.74 Å². The molecule has 1 aromatic carbocycles. The molecule has 0 bridgehead atoms. The normalized spacial score (nSPS) is 11.6. The van der Waals surface area contributed by atoms with Gasteiger partial charge < -0.3 is 14.9 Å². The second kappa shape index (κ2) is 4.47. The van der Waals surface area contributed by atoms with Crippen LogP contribution >= 0.6 is 11.6 Å². The van der Waals surface area contributed by atoms with Gasteiger partial charge >= 0.3 is 0 Å². The number of aliphatic hydroxyl groups excluding tert-OH is 1.